The predicted octanol–water partition coefficient (Wildman–Crippen LogP) is 5.51. The maximum atomic E-state index is 11.5. The molecule has 27 heavy (non-hydrogen) atoms. The number of nitroso groups, excluding NO2 is 2. The van der Waals surface area contributed by atoms with Crippen molar-refractivity contribution in [3.05, 3.63) is 112 Å². The fourth-order valence-corrected chi connectivity index (χ4v) is 3.09. The molecule has 2 atom stereocenters. The van der Waals surface area contributed by atoms with Gasteiger partial charge in [-0.25, -0.2) is 0 Å². The van der Waals surface area contributed by atoms with Crippen molar-refractivity contribution in [1.29, 1.82) is 0 Å². The summed E-state index contributed by atoms with van der Waals surface area (Å²) in [7, 11) is 0. The quantitative estimate of drug-likeness (QED) is 0.473. The monoisotopic (exact) mass is 359 g/mol. The molecule has 0 fully saturated rings. The smallest absolute Gasteiger partial charge is 0.134 e. The van der Waals surface area contributed by atoms with E-state index in [0.29, 0.717) is 13.1 Å². The van der Waals surface area contributed by atoms with E-state index in [0.717, 1.165) is 16.8 Å². The second kappa shape index (κ2) is 9.38. The van der Waals surface area contributed by atoms with Gasteiger partial charge in [0.1, 0.15) is 12.1 Å². The van der Waals surface area contributed by atoms with E-state index in [1.165, 1.54) is 0 Å². The van der Waals surface area contributed by atoms with Gasteiger partial charge in [-0.1, -0.05) is 89.2 Å². The number of rotatable bonds is 9. The van der Waals surface area contributed by atoms with E-state index in [2.05, 4.69) is 10.4 Å². The minimum absolute atomic E-state index is 0.371. The largest absolute Gasteiger partial charge is 0.366 e. The lowest BCUT2D eigenvalue weighted by molar-refractivity contribution is 0.612. The Bertz CT molecular complexity index is 788. The van der Waals surface area contributed by atoms with Gasteiger partial charge < -0.3 is 4.90 Å². The van der Waals surface area contributed by atoms with Crippen LogP contribution < -0.4 is 4.90 Å². The highest BCUT2D eigenvalue weighted by Crippen LogP contribution is 2.26. The number of benzene rings is 3. The van der Waals surface area contributed by atoms with Crippen molar-refractivity contribution in [1.82, 2.24) is 0 Å². The molecule has 136 valence electrons. The summed E-state index contributed by atoms with van der Waals surface area (Å²) in [5, 5.41) is 6.66. The van der Waals surface area contributed by atoms with Crippen LogP contribution in [0.2, 0.25) is 0 Å². The molecule has 0 aliphatic carbocycles. The van der Waals surface area contributed by atoms with Gasteiger partial charge in [0.05, 0.1) is 0 Å². The Balaban J connectivity index is 1.87. The van der Waals surface area contributed by atoms with Gasteiger partial charge in [-0.05, 0) is 23.3 Å². The van der Waals surface area contributed by atoms with Crippen LogP contribution in [0.15, 0.2) is 101 Å². The molecule has 0 spiro atoms. The lowest BCUT2D eigenvalue weighted by Crippen LogP contribution is -2.31. The zero-order valence-electron chi connectivity index (χ0n) is 14.9. The predicted molar refractivity (Wildman–Crippen MR) is 109 cm³/mol. The molecule has 5 heteroatoms. The summed E-state index contributed by atoms with van der Waals surface area (Å²) in [6, 6.07) is 27.6. The molecule has 0 bridgehead atoms. The minimum atomic E-state index is -0.533. The molecule has 0 aromatic heterocycles. The van der Waals surface area contributed by atoms with Crippen molar-refractivity contribution < 1.29 is 0 Å². The molecule has 0 aliphatic rings. The summed E-state index contributed by atoms with van der Waals surface area (Å²) in [5.41, 5.74) is 2.62. The van der Waals surface area contributed by atoms with E-state index in [1.807, 2.05) is 95.9 Å². The van der Waals surface area contributed by atoms with Gasteiger partial charge in [0.25, 0.3) is 0 Å². The molecule has 0 saturated carbocycles. The molecule has 2 unspecified atom stereocenters. The second-order valence-corrected chi connectivity index (χ2v) is 6.30. The third-order valence-corrected chi connectivity index (χ3v) is 4.53. The first-order valence-corrected chi connectivity index (χ1v) is 8.86. The number of hydrogen-bond donors (Lipinski definition) is 0. The first-order valence-electron chi connectivity index (χ1n) is 8.86. The zero-order valence-corrected chi connectivity index (χ0v) is 14.9. The van der Waals surface area contributed by atoms with Crippen LogP contribution in [-0.2, 0) is 0 Å². The first kappa shape index (κ1) is 18.5. The van der Waals surface area contributed by atoms with Crippen LogP contribution in [0.3, 0.4) is 0 Å². The van der Waals surface area contributed by atoms with E-state index >= 15 is 0 Å². The normalized spacial score (nSPS) is 12.7. The molecular formula is C22H21N3O2. The van der Waals surface area contributed by atoms with Gasteiger partial charge in [0, 0.05) is 18.8 Å². The van der Waals surface area contributed by atoms with Crippen molar-refractivity contribution in [3.63, 3.8) is 0 Å². The lowest BCUT2D eigenvalue weighted by atomic mass is 10.0. The van der Waals surface area contributed by atoms with Crippen molar-refractivity contribution in [3.8, 4) is 0 Å². The highest BCUT2D eigenvalue weighted by Gasteiger charge is 2.22. The number of hydrogen-bond acceptors (Lipinski definition) is 5. The lowest BCUT2D eigenvalue weighted by Gasteiger charge is -2.29. The Hall–Kier alpha value is -3.34. The minimum Gasteiger partial charge on any atom is -0.366 e. The zero-order chi connectivity index (χ0) is 18.9. The van der Waals surface area contributed by atoms with Gasteiger partial charge in [-0.3, -0.25) is 0 Å². The van der Waals surface area contributed by atoms with E-state index in [1.54, 1.807) is 0 Å². The van der Waals surface area contributed by atoms with Gasteiger partial charge in [0.2, 0.25) is 0 Å². The van der Waals surface area contributed by atoms with Crippen LogP contribution in [0.4, 0.5) is 5.69 Å². The first-order chi connectivity index (χ1) is 13.3. The molecule has 0 saturated heterocycles. The topological polar surface area (TPSA) is 62.1 Å². The molecule has 5 nitrogen and oxygen atoms in total. The van der Waals surface area contributed by atoms with E-state index in [4.69, 9.17) is 0 Å². The summed E-state index contributed by atoms with van der Waals surface area (Å²) < 4.78 is 0. The Kier molecular flexibility index (Phi) is 6.41. The Morgan fingerprint density at radius 3 is 1.33 bits per heavy atom. The highest BCUT2D eigenvalue weighted by atomic mass is 16.3. The summed E-state index contributed by atoms with van der Waals surface area (Å²) in [4.78, 5) is 25.1. The Morgan fingerprint density at radius 1 is 0.593 bits per heavy atom. The van der Waals surface area contributed by atoms with Crippen molar-refractivity contribution in [2.24, 2.45) is 10.4 Å². The van der Waals surface area contributed by atoms with Gasteiger partial charge in [-0.15, -0.1) is 0 Å². The molecule has 0 heterocycles. The molecule has 3 aromatic rings. The van der Waals surface area contributed by atoms with Crippen LogP contribution in [0.5, 0.6) is 0 Å². The van der Waals surface area contributed by atoms with Gasteiger partial charge >= 0.3 is 0 Å². The summed E-state index contributed by atoms with van der Waals surface area (Å²) in [6.07, 6.45) is 0. The Labute approximate surface area is 158 Å². The average Bonchev–Trinajstić information content (AvgIpc) is 2.76. The fourth-order valence-electron chi connectivity index (χ4n) is 3.09. The fraction of sp³-hybridized carbons (Fsp3) is 0.182. The molecule has 0 aliphatic heterocycles. The summed E-state index contributed by atoms with van der Waals surface area (Å²) >= 11 is 0. The third kappa shape index (κ3) is 4.85. The SMILES string of the molecule is O=NC(CN(CC(N=O)c1ccccc1)c1ccccc1)c1ccccc1. The van der Waals surface area contributed by atoms with E-state index < -0.39 is 12.1 Å². The van der Waals surface area contributed by atoms with Crippen LogP contribution in [0, 0.1) is 9.81 Å². The molecular weight excluding hydrogens is 338 g/mol. The van der Waals surface area contributed by atoms with Gasteiger partial charge in [0.15, 0.2) is 0 Å². The molecule has 3 rings (SSSR count). The van der Waals surface area contributed by atoms with Crippen LogP contribution in [-0.4, -0.2) is 13.1 Å². The highest BCUT2D eigenvalue weighted by molar-refractivity contribution is 5.47. The molecule has 0 radical (unpaired) electrons. The third-order valence-electron chi connectivity index (χ3n) is 4.53. The summed E-state index contributed by atoms with van der Waals surface area (Å²) in [5.74, 6) is 0. The number of nitrogens with zero attached hydrogens (tertiary/aromatic N) is 3. The average molecular weight is 359 g/mol. The van der Waals surface area contributed by atoms with Crippen LogP contribution >= 0.6 is 0 Å². The van der Waals surface area contributed by atoms with Crippen molar-refractivity contribution in [2.75, 3.05) is 18.0 Å². The standard InChI is InChI=1S/C22H21N3O2/c26-23-21(18-10-4-1-5-11-18)16-25(20-14-8-3-9-15-20)17-22(24-27)19-12-6-2-7-13-19/h1-15,21-22H,16-17H2. The number of para-hydroxylation sites is 1. The second-order valence-electron chi connectivity index (χ2n) is 6.30. The number of anilines is 1. The van der Waals surface area contributed by atoms with E-state index in [9.17, 15) is 9.81 Å². The maximum Gasteiger partial charge on any atom is 0.134 e. The molecule has 0 N–H and O–H groups in total. The molecule has 0 amide bonds. The summed E-state index contributed by atoms with van der Waals surface area (Å²) in [6.45, 7) is 0.743. The van der Waals surface area contributed by atoms with Crippen molar-refractivity contribution in [2.45, 2.75) is 12.1 Å². The van der Waals surface area contributed by atoms with E-state index in [-0.39, 0.29) is 0 Å². The molecule has 3 aromatic carbocycles. The van der Waals surface area contributed by atoms with Crippen molar-refractivity contribution >= 4 is 5.69 Å². The Morgan fingerprint density at radius 2 is 0.963 bits per heavy atom. The van der Waals surface area contributed by atoms with Gasteiger partial charge in [-0.2, -0.15) is 9.81 Å². The maximum absolute atomic E-state index is 11.5. The van der Waals surface area contributed by atoms with Crippen LogP contribution in [0.1, 0.15) is 23.2 Å². The van der Waals surface area contributed by atoms with Crippen LogP contribution in [0.25, 0.3) is 0 Å².